The summed E-state index contributed by atoms with van der Waals surface area (Å²) < 4.78 is 3.92. The van der Waals surface area contributed by atoms with Crippen molar-refractivity contribution in [2.45, 2.75) is 45.4 Å². The van der Waals surface area contributed by atoms with Crippen molar-refractivity contribution in [3.05, 3.63) is 10.6 Å². The molecule has 4 nitrogen and oxygen atoms in total. The van der Waals surface area contributed by atoms with E-state index in [4.69, 9.17) is 0 Å². The quantitative estimate of drug-likeness (QED) is 0.831. The Bertz CT molecular complexity index is 370. The zero-order valence-electron chi connectivity index (χ0n) is 10.3. The molecule has 0 radical (unpaired) electrons. The molecule has 1 saturated heterocycles. The SMILES string of the molecule is CCCc1nnsc1C(=O)N1CCCCCC1. The summed E-state index contributed by atoms with van der Waals surface area (Å²) in [7, 11) is 0. The van der Waals surface area contributed by atoms with Gasteiger partial charge in [0.15, 0.2) is 0 Å². The molecule has 0 atom stereocenters. The molecular weight excluding hydrogens is 234 g/mol. The van der Waals surface area contributed by atoms with Gasteiger partial charge in [-0.1, -0.05) is 30.7 Å². The highest BCUT2D eigenvalue weighted by molar-refractivity contribution is 7.08. The number of aryl methyl sites for hydroxylation is 1. The Labute approximate surface area is 106 Å². The Hall–Kier alpha value is -0.970. The van der Waals surface area contributed by atoms with Gasteiger partial charge in [0.1, 0.15) is 4.88 Å². The summed E-state index contributed by atoms with van der Waals surface area (Å²) in [6.45, 7) is 3.88. The Morgan fingerprint density at radius 2 is 2.00 bits per heavy atom. The fourth-order valence-corrected chi connectivity index (χ4v) is 2.87. The monoisotopic (exact) mass is 253 g/mol. The molecule has 17 heavy (non-hydrogen) atoms. The molecule has 1 amide bonds. The average molecular weight is 253 g/mol. The number of amides is 1. The molecule has 1 aromatic heterocycles. The van der Waals surface area contributed by atoms with Crippen LogP contribution in [0.5, 0.6) is 0 Å². The number of hydrogen-bond donors (Lipinski definition) is 0. The van der Waals surface area contributed by atoms with E-state index in [-0.39, 0.29) is 5.91 Å². The van der Waals surface area contributed by atoms with Gasteiger partial charge < -0.3 is 4.90 Å². The molecule has 2 heterocycles. The van der Waals surface area contributed by atoms with E-state index in [2.05, 4.69) is 16.5 Å². The molecule has 1 aliphatic rings. The summed E-state index contributed by atoms with van der Waals surface area (Å²) in [6.07, 6.45) is 6.60. The molecule has 5 heteroatoms. The zero-order chi connectivity index (χ0) is 12.1. The van der Waals surface area contributed by atoms with Crippen molar-refractivity contribution >= 4 is 17.4 Å². The fraction of sp³-hybridized carbons (Fsp3) is 0.750. The Kier molecular flexibility index (Phi) is 4.48. The first-order valence-electron chi connectivity index (χ1n) is 6.43. The van der Waals surface area contributed by atoms with Crippen LogP contribution < -0.4 is 0 Å². The number of aromatic nitrogens is 2. The van der Waals surface area contributed by atoms with Crippen LogP contribution in [0.1, 0.15) is 54.4 Å². The van der Waals surface area contributed by atoms with Crippen LogP contribution in [0.15, 0.2) is 0 Å². The van der Waals surface area contributed by atoms with E-state index in [0.717, 1.165) is 49.3 Å². The van der Waals surface area contributed by atoms with Crippen molar-refractivity contribution < 1.29 is 4.79 Å². The highest BCUT2D eigenvalue weighted by Crippen LogP contribution is 2.18. The molecule has 2 rings (SSSR count). The van der Waals surface area contributed by atoms with Gasteiger partial charge in [0, 0.05) is 13.1 Å². The van der Waals surface area contributed by atoms with Crippen LogP contribution in [0.3, 0.4) is 0 Å². The summed E-state index contributed by atoms with van der Waals surface area (Å²) in [5.41, 5.74) is 0.881. The number of carbonyl (C=O) groups is 1. The number of likely N-dealkylation sites (tertiary alicyclic amines) is 1. The van der Waals surface area contributed by atoms with Gasteiger partial charge in [-0.2, -0.15) is 0 Å². The van der Waals surface area contributed by atoms with Gasteiger partial charge in [0.2, 0.25) is 0 Å². The first-order chi connectivity index (χ1) is 8.33. The number of carbonyl (C=O) groups excluding carboxylic acids is 1. The van der Waals surface area contributed by atoms with E-state index in [0.29, 0.717) is 0 Å². The van der Waals surface area contributed by atoms with Crippen LogP contribution in [-0.4, -0.2) is 33.5 Å². The Morgan fingerprint density at radius 1 is 1.29 bits per heavy atom. The summed E-state index contributed by atoms with van der Waals surface area (Å²) in [5.74, 6) is 0.144. The molecule has 0 aliphatic carbocycles. The third-order valence-corrected chi connectivity index (χ3v) is 3.89. The Balaban J connectivity index is 2.09. The van der Waals surface area contributed by atoms with Crippen molar-refractivity contribution in [2.24, 2.45) is 0 Å². The zero-order valence-corrected chi connectivity index (χ0v) is 11.1. The minimum Gasteiger partial charge on any atom is -0.338 e. The molecule has 0 spiro atoms. The minimum atomic E-state index is 0.144. The first kappa shape index (κ1) is 12.5. The highest BCUT2D eigenvalue weighted by Gasteiger charge is 2.22. The van der Waals surface area contributed by atoms with Crippen LogP contribution in [0.25, 0.3) is 0 Å². The summed E-state index contributed by atoms with van der Waals surface area (Å²) in [4.78, 5) is 15.1. The van der Waals surface area contributed by atoms with Gasteiger partial charge in [-0.25, -0.2) is 0 Å². The smallest absolute Gasteiger partial charge is 0.267 e. The van der Waals surface area contributed by atoms with E-state index in [9.17, 15) is 4.79 Å². The lowest BCUT2D eigenvalue weighted by atomic mass is 10.2. The van der Waals surface area contributed by atoms with Crippen LogP contribution >= 0.6 is 11.5 Å². The summed E-state index contributed by atoms with van der Waals surface area (Å²) in [5, 5.41) is 4.07. The molecule has 0 aromatic carbocycles. The van der Waals surface area contributed by atoms with Gasteiger partial charge in [-0.3, -0.25) is 4.79 Å². The topological polar surface area (TPSA) is 46.1 Å². The predicted molar refractivity (Wildman–Crippen MR) is 68.3 cm³/mol. The van der Waals surface area contributed by atoms with Crippen molar-refractivity contribution in [1.29, 1.82) is 0 Å². The summed E-state index contributed by atoms with van der Waals surface area (Å²) >= 11 is 1.25. The van der Waals surface area contributed by atoms with Gasteiger partial charge in [0.05, 0.1) is 5.69 Å². The van der Waals surface area contributed by atoms with Gasteiger partial charge in [-0.15, -0.1) is 5.10 Å². The van der Waals surface area contributed by atoms with E-state index in [1.807, 2.05) is 4.90 Å². The highest BCUT2D eigenvalue weighted by atomic mass is 32.1. The molecule has 0 unspecified atom stereocenters. The normalized spacial score (nSPS) is 16.9. The van der Waals surface area contributed by atoms with Crippen molar-refractivity contribution in [3.8, 4) is 0 Å². The van der Waals surface area contributed by atoms with Crippen LogP contribution in [0, 0.1) is 0 Å². The van der Waals surface area contributed by atoms with Gasteiger partial charge in [0.25, 0.3) is 5.91 Å². The fourth-order valence-electron chi connectivity index (χ4n) is 2.19. The lowest BCUT2D eigenvalue weighted by Gasteiger charge is -2.19. The lowest BCUT2D eigenvalue weighted by Crippen LogP contribution is -2.31. The van der Waals surface area contributed by atoms with Crippen LogP contribution in [0.2, 0.25) is 0 Å². The van der Waals surface area contributed by atoms with Crippen LogP contribution in [-0.2, 0) is 6.42 Å². The minimum absolute atomic E-state index is 0.144. The standard InChI is InChI=1S/C12H19N3OS/c1-2-7-10-11(17-14-13-10)12(16)15-8-5-3-4-6-9-15/h2-9H2,1H3. The second kappa shape index (κ2) is 6.10. The lowest BCUT2D eigenvalue weighted by molar-refractivity contribution is 0.0765. The van der Waals surface area contributed by atoms with Crippen molar-refractivity contribution in [3.63, 3.8) is 0 Å². The van der Waals surface area contributed by atoms with Crippen molar-refractivity contribution in [1.82, 2.24) is 14.5 Å². The van der Waals surface area contributed by atoms with Gasteiger partial charge >= 0.3 is 0 Å². The molecule has 1 aromatic rings. The third-order valence-electron chi connectivity index (χ3n) is 3.13. The molecule has 1 fully saturated rings. The second-order valence-electron chi connectivity index (χ2n) is 4.51. The number of hydrogen-bond acceptors (Lipinski definition) is 4. The molecule has 1 aliphatic heterocycles. The van der Waals surface area contributed by atoms with Gasteiger partial charge in [-0.05, 0) is 30.8 Å². The second-order valence-corrected chi connectivity index (χ2v) is 5.26. The molecule has 0 bridgehead atoms. The van der Waals surface area contributed by atoms with E-state index in [1.165, 1.54) is 24.4 Å². The number of rotatable bonds is 3. The number of nitrogens with zero attached hydrogens (tertiary/aromatic N) is 3. The first-order valence-corrected chi connectivity index (χ1v) is 7.20. The molecule has 94 valence electrons. The molecule has 0 N–H and O–H groups in total. The maximum Gasteiger partial charge on any atom is 0.267 e. The predicted octanol–water partition coefficient (Wildman–Crippen LogP) is 2.51. The van der Waals surface area contributed by atoms with E-state index < -0.39 is 0 Å². The average Bonchev–Trinajstić information content (AvgIpc) is 2.63. The summed E-state index contributed by atoms with van der Waals surface area (Å²) in [6, 6.07) is 0. The Morgan fingerprint density at radius 3 is 2.65 bits per heavy atom. The molecule has 0 saturated carbocycles. The maximum atomic E-state index is 12.4. The maximum absolute atomic E-state index is 12.4. The van der Waals surface area contributed by atoms with E-state index in [1.54, 1.807) is 0 Å². The third kappa shape index (κ3) is 3.03. The van der Waals surface area contributed by atoms with Crippen LogP contribution in [0.4, 0.5) is 0 Å². The largest absolute Gasteiger partial charge is 0.338 e. The molecular formula is C12H19N3OS. The van der Waals surface area contributed by atoms with E-state index >= 15 is 0 Å². The van der Waals surface area contributed by atoms with Crippen molar-refractivity contribution in [2.75, 3.05) is 13.1 Å².